The van der Waals surface area contributed by atoms with Crippen LogP contribution in [-0.4, -0.2) is 61.0 Å². The number of rotatable bonds is 6. The Morgan fingerprint density at radius 1 is 1.33 bits per heavy atom. The predicted octanol–water partition coefficient (Wildman–Crippen LogP) is 0.882. The Bertz CT molecular complexity index is 288. The number of ether oxygens (including phenoxy) is 1. The van der Waals surface area contributed by atoms with Gasteiger partial charge in [0.1, 0.15) is 0 Å². The van der Waals surface area contributed by atoms with Gasteiger partial charge in [0, 0.05) is 19.1 Å². The summed E-state index contributed by atoms with van der Waals surface area (Å²) in [6, 6.07) is 0.0237. The van der Waals surface area contributed by atoms with E-state index in [1.807, 2.05) is 23.8 Å². The van der Waals surface area contributed by atoms with Crippen LogP contribution in [-0.2, 0) is 14.3 Å². The molecule has 0 aliphatic carbocycles. The van der Waals surface area contributed by atoms with E-state index in [1.165, 1.54) is 0 Å². The standard InChI is InChI=1S/C13H24N2O3/c1-4-18-13(17)9-11(2)14(3)10-12(16)15-7-5-6-8-15/h11H,4-10H2,1-3H3. The van der Waals surface area contributed by atoms with Crippen molar-refractivity contribution in [3.8, 4) is 0 Å². The van der Waals surface area contributed by atoms with Gasteiger partial charge < -0.3 is 9.64 Å². The van der Waals surface area contributed by atoms with E-state index in [9.17, 15) is 9.59 Å². The second kappa shape index (κ2) is 7.36. The SMILES string of the molecule is CCOC(=O)CC(C)N(C)CC(=O)N1CCCC1. The Balaban J connectivity index is 2.32. The Labute approximate surface area is 109 Å². The normalized spacial score (nSPS) is 17.0. The first kappa shape index (κ1) is 15.0. The third kappa shape index (κ3) is 4.64. The highest BCUT2D eigenvalue weighted by Gasteiger charge is 2.22. The molecule has 1 aliphatic heterocycles. The molecule has 1 rings (SSSR count). The molecule has 1 saturated heterocycles. The first-order chi connectivity index (χ1) is 8.54. The molecule has 0 N–H and O–H groups in total. The summed E-state index contributed by atoms with van der Waals surface area (Å²) in [4.78, 5) is 27.1. The van der Waals surface area contributed by atoms with Gasteiger partial charge in [0.2, 0.25) is 5.91 Å². The van der Waals surface area contributed by atoms with E-state index in [-0.39, 0.29) is 17.9 Å². The molecule has 0 saturated carbocycles. The van der Waals surface area contributed by atoms with E-state index in [1.54, 1.807) is 6.92 Å². The molecule has 0 radical (unpaired) electrons. The molecule has 1 fully saturated rings. The second-order valence-electron chi connectivity index (χ2n) is 4.86. The summed E-state index contributed by atoms with van der Waals surface area (Å²) in [5, 5.41) is 0. The Morgan fingerprint density at radius 2 is 1.94 bits per heavy atom. The van der Waals surface area contributed by atoms with Crippen LogP contribution in [0.5, 0.6) is 0 Å². The smallest absolute Gasteiger partial charge is 0.307 e. The summed E-state index contributed by atoms with van der Waals surface area (Å²) in [7, 11) is 1.87. The Kier molecular flexibility index (Phi) is 6.12. The van der Waals surface area contributed by atoms with Crippen molar-refractivity contribution in [1.29, 1.82) is 0 Å². The van der Waals surface area contributed by atoms with Crippen molar-refractivity contribution in [3.05, 3.63) is 0 Å². The monoisotopic (exact) mass is 256 g/mol. The average molecular weight is 256 g/mol. The molecular weight excluding hydrogens is 232 g/mol. The van der Waals surface area contributed by atoms with Crippen molar-refractivity contribution in [2.45, 2.75) is 39.2 Å². The predicted molar refractivity (Wildman–Crippen MR) is 69.2 cm³/mol. The Hall–Kier alpha value is -1.10. The quantitative estimate of drug-likeness (QED) is 0.662. The average Bonchev–Trinajstić information content (AvgIpc) is 2.82. The molecule has 1 heterocycles. The van der Waals surface area contributed by atoms with Crippen molar-refractivity contribution in [1.82, 2.24) is 9.80 Å². The zero-order chi connectivity index (χ0) is 13.5. The van der Waals surface area contributed by atoms with Gasteiger partial charge in [-0.1, -0.05) is 0 Å². The van der Waals surface area contributed by atoms with E-state index >= 15 is 0 Å². The highest BCUT2D eigenvalue weighted by atomic mass is 16.5. The van der Waals surface area contributed by atoms with Gasteiger partial charge in [-0.3, -0.25) is 14.5 Å². The van der Waals surface area contributed by atoms with Gasteiger partial charge in [0.05, 0.1) is 19.6 Å². The Morgan fingerprint density at radius 3 is 2.50 bits per heavy atom. The summed E-state index contributed by atoms with van der Waals surface area (Å²) < 4.78 is 4.91. The molecule has 0 aromatic carbocycles. The minimum atomic E-state index is -0.203. The lowest BCUT2D eigenvalue weighted by molar-refractivity contribution is -0.145. The highest BCUT2D eigenvalue weighted by Crippen LogP contribution is 2.09. The number of likely N-dealkylation sites (tertiary alicyclic amines) is 1. The molecule has 1 atom stereocenters. The van der Waals surface area contributed by atoms with Gasteiger partial charge in [-0.15, -0.1) is 0 Å². The number of hydrogen-bond donors (Lipinski definition) is 0. The molecule has 104 valence electrons. The maximum absolute atomic E-state index is 11.9. The first-order valence-electron chi connectivity index (χ1n) is 6.68. The molecule has 0 bridgehead atoms. The fraction of sp³-hybridized carbons (Fsp3) is 0.846. The molecule has 5 nitrogen and oxygen atoms in total. The van der Waals surface area contributed by atoms with Crippen molar-refractivity contribution in [3.63, 3.8) is 0 Å². The summed E-state index contributed by atoms with van der Waals surface area (Å²) >= 11 is 0. The van der Waals surface area contributed by atoms with Crippen LogP contribution in [0, 0.1) is 0 Å². The van der Waals surface area contributed by atoms with E-state index in [0.717, 1.165) is 25.9 Å². The van der Waals surface area contributed by atoms with E-state index < -0.39 is 0 Å². The lowest BCUT2D eigenvalue weighted by Gasteiger charge is -2.25. The number of carbonyl (C=O) groups excluding carboxylic acids is 2. The molecule has 5 heteroatoms. The van der Waals surface area contributed by atoms with Gasteiger partial charge >= 0.3 is 5.97 Å². The number of nitrogens with zero attached hydrogens (tertiary/aromatic N) is 2. The minimum absolute atomic E-state index is 0.0237. The van der Waals surface area contributed by atoms with Crippen molar-refractivity contribution >= 4 is 11.9 Å². The van der Waals surface area contributed by atoms with Crippen molar-refractivity contribution < 1.29 is 14.3 Å². The summed E-state index contributed by atoms with van der Waals surface area (Å²) in [6.07, 6.45) is 2.54. The molecule has 0 aromatic rings. The fourth-order valence-corrected chi connectivity index (χ4v) is 2.05. The number of likely N-dealkylation sites (N-methyl/N-ethyl adjacent to an activating group) is 1. The van der Waals surface area contributed by atoms with E-state index in [2.05, 4.69) is 0 Å². The largest absolute Gasteiger partial charge is 0.466 e. The number of carbonyl (C=O) groups is 2. The fourth-order valence-electron chi connectivity index (χ4n) is 2.05. The lowest BCUT2D eigenvalue weighted by Crippen LogP contribution is -2.41. The molecule has 18 heavy (non-hydrogen) atoms. The van der Waals surface area contributed by atoms with Gasteiger partial charge in [0.15, 0.2) is 0 Å². The number of esters is 1. The second-order valence-corrected chi connectivity index (χ2v) is 4.86. The molecule has 0 spiro atoms. The third-order valence-corrected chi connectivity index (χ3v) is 3.36. The lowest BCUT2D eigenvalue weighted by atomic mass is 10.2. The summed E-state index contributed by atoms with van der Waals surface area (Å²) in [6.45, 7) is 6.26. The molecule has 1 amide bonds. The van der Waals surface area contributed by atoms with Crippen molar-refractivity contribution in [2.24, 2.45) is 0 Å². The van der Waals surface area contributed by atoms with Gasteiger partial charge in [0.25, 0.3) is 0 Å². The molecule has 1 unspecified atom stereocenters. The van der Waals surface area contributed by atoms with E-state index in [4.69, 9.17) is 4.74 Å². The van der Waals surface area contributed by atoms with Gasteiger partial charge in [-0.05, 0) is 33.7 Å². The number of hydrogen-bond acceptors (Lipinski definition) is 4. The van der Waals surface area contributed by atoms with Crippen LogP contribution >= 0.6 is 0 Å². The minimum Gasteiger partial charge on any atom is -0.466 e. The van der Waals surface area contributed by atoms with Crippen LogP contribution in [0.3, 0.4) is 0 Å². The topological polar surface area (TPSA) is 49.9 Å². The molecular formula is C13H24N2O3. The van der Waals surface area contributed by atoms with E-state index in [0.29, 0.717) is 19.6 Å². The van der Waals surface area contributed by atoms with Gasteiger partial charge in [-0.2, -0.15) is 0 Å². The van der Waals surface area contributed by atoms with Crippen LogP contribution < -0.4 is 0 Å². The zero-order valence-corrected chi connectivity index (χ0v) is 11.6. The maximum atomic E-state index is 11.9. The van der Waals surface area contributed by atoms with Crippen LogP contribution in [0.15, 0.2) is 0 Å². The van der Waals surface area contributed by atoms with Crippen molar-refractivity contribution in [2.75, 3.05) is 33.3 Å². The summed E-state index contributed by atoms with van der Waals surface area (Å²) in [5.41, 5.74) is 0. The van der Waals surface area contributed by atoms with Crippen LogP contribution in [0.4, 0.5) is 0 Å². The van der Waals surface area contributed by atoms with Crippen LogP contribution in [0.1, 0.15) is 33.1 Å². The zero-order valence-electron chi connectivity index (χ0n) is 11.6. The van der Waals surface area contributed by atoms with Gasteiger partial charge in [-0.25, -0.2) is 0 Å². The summed E-state index contributed by atoms with van der Waals surface area (Å²) in [5.74, 6) is -0.0452. The third-order valence-electron chi connectivity index (χ3n) is 3.36. The van der Waals surface area contributed by atoms with Crippen LogP contribution in [0.25, 0.3) is 0 Å². The first-order valence-corrected chi connectivity index (χ1v) is 6.68. The molecule has 1 aliphatic rings. The highest BCUT2D eigenvalue weighted by molar-refractivity contribution is 5.78. The maximum Gasteiger partial charge on any atom is 0.307 e. The number of amides is 1. The van der Waals surface area contributed by atoms with Crippen LogP contribution in [0.2, 0.25) is 0 Å². The molecule has 0 aromatic heterocycles.